The largest absolute Gasteiger partial charge is 0.391 e. The highest BCUT2D eigenvalue weighted by Crippen LogP contribution is 2.30. The average molecular weight is 382 g/mol. The Bertz CT molecular complexity index is 1230. The minimum Gasteiger partial charge on any atom is -0.391 e. The molecule has 1 unspecified atom stereocenters. The Labute approximate surface area is 158 Å². The van der Waals surface area contributed by atoms with E-state index in [1.54, 1.807) is 22.9 Å². The highest BCUT2D eigenvalue weighted by Gasteiger charge is 2.24. The summed E-state index contributed by atoms with van der Waals surface area (Å²) >= 11 is 6.24. The number of halogens is 1. The standard InChI is InChI=1S/C19H16ClN5O2/c20-12-1-3-15-17(8-12)25(13-2-4-16-11(7-13)9-21-23-16)19(27)22-18(15)24-6-5-14(26)10-24/h1-4,7-9,14,26H,5-6,10H2,(H,21,23). The number of aliphatic hydroxyl groups excluding tert-OH is 1. The molecule has 0 amide bonds. The Morgan fingerprint density at radius 2 is 2.11 bits per heavy atom. The molecule has 0 bridgehead atoms. The van der Waals surface area contributed by atoms with Gasteiger partial charge in [-0.15, -0.1) is 0 Å². The zero-order valence-corrected chi connectivity index (χ0v) is 15.0. The molecule has 1 saturated heterocycles. The summed E-state index contributed by atoms with van der Waals surface area (Å²) in [6, 6.07) is 11.1. The van der Waals surface area contributed by atoms with Crippen LogP contribution in [0.4, 0.5) is 5.82 Å². The van der Waals surface area contributed by atoms with E-state index >= 15 is 0 Å². The third kappa shape index (κ3) is 2.67. The van der Waals surface area contributed by atoms with Crippen molar-refractivity contribution in [3.63, 3.8) is 0 Å². The van der Waals surface area contributed by atoms with Crippen molar-refractivity contribution in [3.8, 4) is 5.69 Å². The van der Waals surface area contributed by atoms with Gasteiger partial charge in [-0.25, -0.2) is 4.79 Å². The van der Waals surface area contributed by atoms with Gasteiger partial charge < -0.3 is 10.0 Å². The lowest BCUT2D eigenvalue weighted by molar-refractivity contribution is 0.198. The summed E-state index contributed by atoms with van der Waals surface area (Å²) in [4.78, 5) is 19.3. The quantitative estimate of drug-likeness (QED) is 0.557. The van der Waals surface area contributed by atoms with E-state index in [0.717, 1.165) is 16.3 Å². The van der Waals surface area contributed by atoms with Crippen molar-refractivity contribution < 1.29 is 5.11 Å². The Morgan fingerprint density at radius 1 is 1.22 bits per heavy atom. The van der Waals surface area contributed by atoms with Gasteiger partial charge in [0.25, 0.3) is 0 Å². The molecule has 4 aromatic rings. The molecule has 2 N–H and O–H groups in total. The van der Waals surface area contributed by atoms with Crippen molar-refractivity contribution in [1.82, 2.24) is 19.7 Å². The summed E-state index contributed by atoms with van der Waals surface area (Å²) in [5.41, 5.74) is 1.89. The molecular weight excluding hydrogens is 366 g/mol. The first-order chi connectivity index (χ1) is 13.1. The van der Waals surface area contributed by atoms with Crippen LogP contribution >= 0.6 is 11.6 Å². The molecule has 27 heavy (non-hydrogen) atoms. The number of hydrogen-bond donors (Lipinski definition) is 2. The van der Waals surface area contributed by atoms with Gasteiger partial charge in [-0.3, -0.25) is 9.67 Å². The predicted octanol–water partition coefficient (Wildman–Crippen LogP) is 2.49. The van der Waals surface area contributed by atoms with Crippen molar-refractivity contribution >= 4 is 39.2 Å². The maximum absolute atomic E-state index is 13.0. The molecule has 1 aliphatic heterocycles. The van der Waals surface area contributed by atoms with Crippen LogP contribution in [0.5, 0.6) is 0 Å². The van der Waals surface area contributed by atoms with Gasteiger partial charge in [0.1, 0.15) is 5.82 Å². The van der Waals surface area contributed by atoms with Crippen LogP contribution < -0.4 is 10.6 Å². The Kier molecular flexibility index (Phi) is 3.66. The van der Waals surface area contributed by atoms with Gasteiger partial charge >= 0.3 is 5.69 Å². The first-order valence-electron chi connectivity index (χ1n) is 8.69. The van der Waals surface area contributed by atoms with Crippen LogP contribution in [0.3, 0.4) is 0 Å². The minimum atomic E-state index is -0.403. The number of β-amino-alcohol motifs (C(OH)–C–C–N with tert-alkyl or cyclic N) is 1. The van der Waals surface area contributed by atoms with Crippen LogP contribution in [0, 0.1) is 0 Å². The molecule has 2 aromatic heterocycles. The van der Waals surface area contributed by atoms with Crippen molar-refractivity contribution in [2.24, 2.45) is 0 Å². The van der Waals surface area contributed by atoms with Gasteiger partial charge in [-0.05, 0) is 42.8 Å². The monoisotopic (exact) mass is 381 g/mol. The summed E-state index contributed by atoms with van der Waals surface area (Å²) in [5.74, 6) is 0.587. The topological polar surface area (TPSA) is 87.0 Å². The Balaban J connectivity index is 1.78. The molecule has 5 rings (SSSR count). The molecule has 0 aliphatic carbocycles. The number of fused-ring (bicyclic) bond motifs is 2. The fourth-order valence-electron chi connectivity index (χ4n) is 3.68. The van der Waals surface area contributed by atoms with Crippen molar-refractivity contribution in [1.29, 1.82) is 0 Å². The molecule has 7 nitrogen and oxygen atoms in total. The first-order valence-corrected chi connectivity index (χ1v) is 9.07. The van der Waals surface area contributed by atoms with Gasteiger partial charge in [-0.1, -0.05) is 11.6 Å². The number of anilines is 1. The second kappa shape index (κ2) is 6.07. The number of hydrogen-bond acceptors (Lipinski definition) is 5. The van der Waals surface area contributed by atoms with E-state index in [2.05, 4.69) is 15.2 Å². The highest BCUT2D eigenvalue weighted by atomic mass is 35.5. The van der Waals surface area contributed by atoms with Crippen LogP contribution in [0.2, 0.25) is 5.02 Å². The minimum absolute atomic E-state index is 0.385. The normalized spacial score (nSPS) is 17.3. The second-order valence-electron chi connectivity index (χ2n) is 6.74. The summed E-state index contributed by atoms with van der Waals surface area (Å²) in [6.07, 6.45) is 1.98. The third-order valence-corrected chi connectivity index (χ3v) is 5.21. The van der Waals surface area contributed by atoms with E-state index in [1.807, 2.05) is 29.2 Å². The molecule has 8 heteroatoms. The van der Waals surface area contributed by atoms with Gasteiger partial charge in [-0.2, -0.15) is 10.1 Å². The zero-order valence-electron chi connectivity index (χ0n) is 14.3. The van der Waals surface area contributed by atoms with E-state index in [4.69, 9.17) is 11.6 Å². The summed E-state index contributed by atoms with van der Waals surface area (Å²) in [5, 5.41) is 19.1. The van der Waals surface area contributed by atoms with Gasteiger partial charge in [0.15, 0.2) is 0 Å². The fourth-order valence-corrected chi connectivity index (χ4v) is 3.84. The van der Waals surface area contributed by atoms with E-state index in [1.165, 1.54) is 0 Å². The van der Waals surface area contributed by atoms with E-state index < -0.39 is 6.10 Å². The lowest BCUT2D eigenvalue weighted by Crippen LogP contribution is -2.29. The predicted molar refractivity (Wildman–Crippen MR) is 105 cm³/mol. The molecule has 0 spiro atoms. The molecule has 136 valence electrons. The molecule has 2 aromatic carbocycles. The van der Waals surface area contributed by atoms with Crippen molar-refractivity contribution in [3.05, 3.63) is 58.1 Å². The second-order valence-corrected chi connectivity index (χ2v) is 7.18. The SMILES string of the molecule is O=c1nc(N2CCC(O)C2)c2ccc(Cl)cc2n1-c1ccc2[nH]ncc2c1. The average Bonchev–Trinajstić information content (AvgIpc) is 3.29. The summed E-state index contributed by atoms with van der Waals surface area (Å²) in [7, 11) is 0. The number of aromatic amines is 1. The fraction of sp³-hybridized carbons (Fsp3) is 0.211. The summed E-state index contributed by atoms with van der Waals surface area (Å²) < 4.78 is 1.56. The van der Waals surface area contributed by atoms with Gasteiger partial charge in [0.05, 0.1) is 29.0 Å². The Morgan fingerprint density at radius 3 is 2.93 bits per heavy atom. The maximum Gasteiger partial charge on any atom is 0.354 e. The molecule has 0 saturated carbocycles. The van der Waals surface area contributed by atoms with Gasteiger partial charge in [0, 0.05) is 28.9 Å². The number of aliphatic hydroxyl groups is 1. The zero-order chi connectivity index (χ0) is 18.5. The molecule has 1 atom stereocenters. The van der Waals surface area contributed by atoms with Crippen molar-refractivity contribution in [2.75, 3.05) is 18.0 Å². The van der Waals surface area contributed by atoms with Crippen LogP contribution in [0.15, 0.2) is 47.4 Å². The number of nitrogens with one attached hydrogen (secondary N) is 1. The number of nitrogens with zero attached hydrogens (tertiary/aromatic N) is 4. The molecule has 3 heterocycles. The lowest BCUT2D eigenvalue weighted by Gasteiger charge is -2.20. The summed E-state index contributed by atoms with van der Waals surface area (Å²) in [6.45, 7) is 1.13. The van der Waals surface area contributed by atoms with Crippen LogP contribution in [-0.2, 0) is 0 Å². The van der Waals surface area contributed by atoms with E-state index in [-0.39, 0.29) is 5.69 Å². The number of rotatable bonds is 2. The molecular formula is C19H16ClN5O2. The molecule has 1 fully saturated rings. The van der Waals surface area contributed by atoms with Crippen LogP contribution in [0.1, 0.15) is 6.42 Å². The Hall–Kier alpha value is -2.90. The number of aromatic nitrogens is 4. The molecule has 1 aliphatic rings. The lowest BCUT2D eigenvalue weighted by atomic mass is 10.2. The van der Waals surface area contributed by atoms with Crippen molar-refractivity contribution in [2.45, 2.75) is 12.5 Å². The third-order valence-electron chi connectivity index (χ3n) is 4.98. The maximum atomic E-state index is 13.0. The van der Waals surface area contributed by atoms with Crippen LogP contribution in [-0.4, -0.2) is 44.0 Å². The first kappa shape index (κ1) is 16.3. The van der Waals surface area contributed by atoms with Crippen LogP contribution in [0.25, 0.3) is 27.5 Å². The van der Waals surface area contributed by atoms with E-state index in [9.17, 15) is 9.90 Å². The highest BCUT2D eigenvalue weighted by molar-refractivity contribution is 6.31. The molecule has 0 radical (unpaired) electrons. The van der Waals surface area contributed by atoms with E-state index in [0.29, 0.717) is 41.6 Å². The van der Waals surface area contributed by atoms with Gasteiger partial charge in [0.2, 0.25) is 0 Å². The smallest absolute Gasteiger partial charge is 0.354 e. The number of benzene rings is 2. The number of H-pyrrole nitrogens is 1.